The number of nitro groups is 1. The zero-order valence-electron chi connectivity index (χ0n) is 9.53. The maximum Gasteiger partial charge on any atom is 0.335 e. The van der Waals surface area contributed by atoms with Crippen LogP contribution in [0.25, 0.3) is 0 Å². The third-order valence-electron chi connectivity index (χ3n) is 2.31. The largest absolute Gasteiger partial charge is 0.430 e. The Bertz CT molecular complexity index is 672. The Labute approximate surface area is 106 Å². The molecule has 1 N–H and O–H groups in total. The van der Waals surface area contributed by atoms with Gasteiger partial charge in [-0.25, -0.2) is 4.79 Å². The van der Waals surface area contributed by atoms with Gasteiger partial charge in [-0.15, -0.1) is 0 Å². The first-order chi connectivity index (χ1) is 9.08. The molecule has 0 fully saturated rings. The first-order valence-electron chi connectivity index (χ1n) is 5.21. The van der Waals surface area contributed by atoms with Gasteiger partial charge in [-0.05, 0) is 12.1 Å². The van der Waals surface area contributed by atoms with E-state index in [-0.39, 0.29) is 16.9 Å². The predicted octanol–water partition coefficient (Wildman–Crippen LogP) is 1.80. The number of nitro benzene ring substituents is 1. The molecular weight excluding hydrogens is 252 g/mol. The summed E-state index contributed by atoms with van der Waals surface area (Å²) in [5.41, 5.74) is -0.628. The second-order valence-corrected chi connectivity index (χ2v) is 3.57. The molecule has 0 aliphatic heterocycles. The third kappa shape index (κ3) is 2.83. The molecule has 1 amide bonds. The predicted molar refractivity (Wildman–Crippen MR) is 66.0 cm³/mol. The average Bonchev–Trinajstić information content (AvgIpc) is 2.39. The van der Waals surface area contributed by atoms with Crippen LogP contribution in [0.1, 0.15) is 10.4 Å². The number of hydrogen-bond acceptors (Lipinski definition) is 5. The standard InChI is InChI=1S/C12H8N2O5/c15-11-6-5-8(7-19-11)12(16)13-9-3-1-2-4-10(9)14(17)18/h1-7H,(H,13,16). The first kappa shape index (κ1) is 12.5. The van der Waals surface area contributed by atoms with Crippen molar-refractivity contribution in [1.29, 1.82) is 0 Å². The molecule has 0 unspecified atom stereocenters. The Morgan fingerprint density at radius 1 is 1.21 bits per heavy atom. The van der Waals surface area contributed by atoms with Crippen LogP contribution in [0.4, 0.5) is 11.4 Å². The van der Waals surface area contributed by atoms with Crippen LogP contribution in [-0.4, -0.2) is 10.8 Å². The second kappa shape index (κ2) is 5.13. The summed E-state index contributed by atoms with van der Waals surface area (Å²) in [6.07, 6.45) is 0.992. The van der Waals surface area contributed by atoms with E-state index in [4.69, 9.17) is 0 Å². The summed E-state index contributed by atoms with van der Waals surface area (Å²) in [6.45, 7) is 0. The van der Waals surface area contributed by atoms with Crippen molar-refractivity contribution in [2.45, 2.75) is 0 Å². The molecule has 0 saturated heterocycles. The van der Waals surface area contributed by atoms with Gasteiger partial charge in [0.2, 0.25) is 0 Å². The number of carbonyl (C=O) groups excluding carboxylic acids is 1. The fraction of sp³-hybridized carbons (Fsp3) is 0. The molecule has 0 spiro atoms. The van der Waals surface area contributed by atoms with Crippen LogP contribution in [0.3, 0.4) is 0 Å². The van der Waals surface area contributed by atoms with Gasteiger partial charge in [-0.2, -0.15) is 0 Å². The highest BCUT2D eigenvalue weighted by molar-refractivity contribution is 6.05. The minimum atomic E-state index is -0.599. The minimum Gasteiger partial charge on any atom is -0.430 e. The van der Waals surface area contributed by atoms with Gasteiger partial charge >= 0.3 is 5.63 Å². The topological polar surface area (TPSA) is 102 Å². The van der Waals surface area contributed by atoms with E-state index in [1.165, 1.54) is 24.3 Å². The van der Waals surface area contributed by atoms with Gasteiger partial charge in [-0.3, -0.25) is 14.9 Å². The summed E-state index contributed by atoms with van der Waals surface area (Å²) in [4.78, 5) is 32.7. The van der Waals surface area contributed by atoms with Crippen molar-refractivity contribution in [2.75, 3.05) is 5.32 Å². The van der Waals surface area contributed by atoms with Crippen LogP contribution in [0.15, 0.2) is 51.9 Å². The van der Waals surface area contributed by atoms with Crippen molar-refractivity contribution < 1.29 is 14.1 Å². The van der Waals surface area contributed by atoms with Crippen LogP contribution >= 0.6 is 0 Å². The number of anilines is 1. The van der Waals surface area contributed by atoms with E-state index in [2.05, 4.69) is 9.73 Å². The van der Waals surface area contributed by atoms with E-state index in [0.717, 1.165) is 12.3 Å². The number of hydrogen-bond donors (Lipinski definition) is 1. The van der Waals surface area contributed by atoms with Crippen LogP contribution in [0.2, 0.25) is 0 Å². The molecule has 0 atom stereocenters. The normalized spacial score (nSPS) is 9.89. The number of amides is 1. The highest BCUT2D eigenvalue weighted by atomic mass is 16.6. The monoisotopic (exact) mass is 260 g/mol. The summed E-state index contributed by atoms with van der Waals surface area (Å²) < 4.78 is 4.54. The Morgan fingerprint density at radius 3 is 2.58 bits per heavy atom. The lowest BCUT2D eigenvalue weighted by Gasteiger charge is -2.04. The van der Waals surface area contributed by atoms with E-state index in [1.807, 2.05) is 0 Å². The number of para-hydroxylation sites is 2. The van der Waals surface area contributed by atoms with E-state index in [1.54, 1.807) is 6.07 Å². The van der Waals surface area contributed by atoms with Crippen molar-refractivity contribution in [3.05, 3.63) is 68.8 Å². The molecule has 96 valence electrons. The number of nitrogens with zero attached hydrogens (tertiary/aromatic N) is 1. The smallest absolute Gasteiger partial charge is 0.335 e. The van der Waals surface area contributed by atoms with Gasteiger partial charge in [-0.1, -0.05) is 12.1 Å². The van der Waals surface area contributed by atoms with Gasteiger partial charge < -0.3 is 9.73 Å². The van der Waals surface area contributed by atoms with E-state index in [0.29, 0.717) is 0 Å². The van der Waals surface area contributed by atoms with E-state index in [9.17, 15) is 19.7 Å². The quantitative estimate of drug-likeness (QED) is 0.669. The molecule has 1 heterocycles. The second-order valence-electron chi connectivity index (χ2n) is 3.57. The third-order valence-corrected chi connectivity index (χ3v) is 2.31. The highest BCUT2D eigenvalue weighted by Gasteiger charge is 2.15. The highest BCUT2D eigenvalue weighted by Crippen LogP contribution is 2.23. The summed E-state index contributed by atoms with van der Waals surface area (Å²) in [5.74, 6) is -0.599. The van der Waals surface area contributed by atoms with E-state index >= 15 is 0 Å². The maximum atomic E-state index is 11.8. The summed E-state index contributed by atoms with van der Waals surface area (Å²) in [5, 5.41) is 13.2. The number of rotatable bonds is 3. The van der Waals surface area contributed by atoms with Gasteiger partial charge in [0.25, 0.3) is 11.6 Å². The summed E-state index contributed by atoms with van der Waals surface area (Å²) >= 11 is 0. The molecule has 2 aromatic rings. The van der Waals surface area contributed by atoms with Crippen LogP contribution in [-0.2, 0) is 0 Å². The zero-order chi connectivity index (χ0) is 13.8. The maximum absolute atomic E-state index is 11.8. The lowest BCUT2D eigenvalue weighted by Crippen LogP contribution is -2.14. The first-order valence-corrected chi connectivity index (χ1v) is 5.21. The lowest BCUT2D eigenvalue weighted by atomic mass is 10.2. The molecule has 0 bridgehead atoms. The number of benzene rings is 1. The van der Waals surface area contributed by atoms with Crippen LogP contribution < -0.4 is 10.9 Å². The molecule has 1 aromatic heterocycles. The van der Waals surface area contributed by atoms with Gasteiger partial charge in [0.15, 0.2) is 0 Å². The zero-order valence-corrected chi connectivity index (χ0v) is 9.53. The molecule has 1 aromatic carbocycles. The molecule has 19 heavy (non-hydrogen) atoms. The van der Waals surface area contributed by atoms with Gasteiger partial charge in [0.05, 0.1) is 10.5 Å². The number of carbonyl (C=O) groups is 1. The summed E-state index contributed by atoms with van der Waals surface area (Å²) in [7, 11) is 0. The van der Waals surface area contributed by atoms with Crippen molar-refractivity contribution in [3.8, 4) is 0 Å². The van der Waals surface area contributed by atoms with Crippen LogP contribution in [0.5, 0.6) is 0 Å². The number of nitrogens with one attached hydrogen (secondary N) is 1. The van der Waals surface area contributed by atoms with Gasteiger partial charge in [0.1, 0.15) is 12.0 Å². The lowest BCUT2D eigenvalue weighted by molar-refractivity contribution is -0.383. The molecular formula is C12H8N2O5. The average molecular weight is 260 g/mol. The fourth-order valence-electron chi connectivity index (χ4n) is 1.42. The van der Waals surface area contributed by atoms with E-state index < -0.39 is 16.5 Å². The van der Waals surface area contributed by atoms with Crippen LogP contribution in [0, 0.1) is 10.1 Å². The molecule has 0 aliphatic carbocycles. The van der Waals surface area contributed by atoms with Crippen molar-refractivity contribution in [3.63, 3.8) is 0 Å². The van der Waals surface area contributed by atoms with Crippen molar-refractivity contribution in [2.24, 2.45) is 0 Å². The Hall–Kier alpha value is -2.96. The minimum absolute atomic E-state index is 0.0729. The Morgan fingerprint density at radius 2 is 1.95 bits per heavy atom. The van der Waals surface area contributed by atoms with Gasteiger partial charge in [0, 0.05) is 12.1 Å². The molecule has 0 radical (unpaired) electrons. The Balaban J connectivity index is 2.26. The molecule has 2 rings (SSSR count). The Kier molecular flexibility index (Phi) is 3.37. The molecule has 7 heteroatoms. The summed E-state index contributed by atoms with van der Waals surface area (Å²) in [6, 6.07) is 8.11. The van der Waals surface area contributed by atoms with Crippen molar-refractivity contribution >= 4 is 17.3 Å². The molecule has 0 aliphatic rings. The molecule has 7 nitrogen and oxygen atoms in total. The fourth-order valence-corrected chi connectivity index (χ4v) is 1.42. The SMILES string of the molecule is O=C(Nc1ccccc1[N+](=O)[O-])c1ccc(=O)oc1. The van der Waals surface area contributed by atoms with Crippen molar-refractivity contribution in [1.82, 2.24) is 0 Å². The molecule has 0 saturated carbocycles.